The van der Waals surface area contributed by atoms with E-state index in [0.29, 0.717) is 30.0 Å². The van der Waals surface area contributed by atoms with Crippen LogP contribution < -0.4 is 0 Å². The molecule has 0 bridgehead atoms. The second kappa shape index (κ2) is 10.1. The number of para-hydroxylation sites is 1. The molecule has 8 nitrogen and oxygen atoms in total. The van der Waals surface area contributed by atoms with Crippen molar-refractivity contribution in [1.29, 1.82) is 0 Å². The molecule has 1 atom stereocenters. The first-order valence-electron chi connectivity index (χ1n) is 11.6. The van der Waals surface area contributed by atoms with E-state index in [4.69, 9.17) is 4.42 Å². The lowest BCUT2D eigenvalue weighted by Gasteiger charge is -2.25. The summed E-state index contributed by atoms with van der Waals surface area (Å²) in [6, 6.07) is 12.2. The highest BCUT2D eigenvalue weighted by molar-refractivity contribution is 6.46. The lowest BCUT2D eigenvalue weighted by atomic mass is 9.99. The lowest BCUT2D eigenvalue weighted by molar-refractivity contribution is -0.140. The molecule has 34 heavy (non-hydrogen) atoms. The number of furan rings is 1. The maximum absolute atomic E-state index is 13.1. The molecule has 8 heteroatoms. The van der Waals surface area contributed by atoms with Crippen LogP contribution in [0.3, 0.4) is 0 Å². The maximum Gasteiger partial charge on any atom is 0.295 e. The number of Topliss-reactive ketones (excluding diaryl/α,β-unsaturated/α-hetero) is 1. The molecule has 0 spiro atoms. The highest BCUT2D eigenvalue weighted by Gasteiger charge is 2.47. The van der Waals surface area contributed by atoms with E-state index in [1.807, 2.05) is 37.3 Å². The predicted octanol–water partition coefficient (Wildman–Crippen LogP) is 3.93. The van der Waals surface area contributed by atoms with Crippen molar-refractivity contribution in [3.05, 3.63) is 77.5 Å². The van der Waals surface area contributed by atoms with Crippen molar-refractivity contribution in [1.82, 2.24) is 19.6 Å². The van der Waals surface area contributed by atoms with Gasteiger partial charge in [-0.15, -0.1) is 0 Å². The van der Waals surface area contributed by atoms with Crippen molar-refractivity contribution in [2.24, 2.45) is 0 Å². The van der Waals surface area contributed by atoms with Crippen molar-refractivity contribution >= 4 is 17.4 Å². The number of benzene rings is 1. The molecule has 1 unspecified atom stereocenters. The normalized spacial score (nSPS) is 17.8. The van der Waals surface area contributed by atoms with Crippen molar-refractivity contribution in [2.75, 3.05) is 26.2 Å². The summed E-state index contributed by atoms with van der Waals surface area (Å²) in [5.74, 6) is -1.15. The van der Waals surface area contributed by atoms with E-state index >= 15 is 0 Å². The number of aliphatic hydroxyl groups is 1. The van der Waals surface area contributed by atoms with Crippen LogP contribution in [0, 0.1) is 6.92 Å². The van der Waals surface area contributed by atoms with Gasteiger partial charge in [0.2, 0.25) is 0 Å². The fraction of sp³-hybridized carbons (Fsp3) is 0.346. The second-order valence-corrected chi connectivity index (χ2v) is 8.28. The van der Waals surface area contributed by atoms with Gasteiger partial charge in [-0.1, -0.05) is 32.0 Å². The number of amides is 1. The van der Waals surface area contributed by atoms with E-state index in [1.54, 1.807) is 16.8 Å². The summed E-state index contributed by atoms with van der Waals surface area (Å²) in [5, 5.41) is 15.7. The maximum atomic E-state index is 13.1. The fourth-order valence-corrected chi connectivity index (χ4v) is 4.47. The van der Waals surface area contributed by atoms with Crippen LogP contribution in [0.4, 0.5) is 0 Å². The fourth-order valence-electron chi connectivity index (χ4n) is 4.47. The number of nitrogens with zero attached hydrogens (tertiary/aromatic N) is 4. The van der Waals surface area contributed by atoms with Crippen LogP contribution in [0.1, 0.15) is 43.3 Å². The average molecular weight is 463 g/mol. The molecule has 3 aromatic rings. The summed E-state index contributed by atoms with van der Waals surface area (Å²) in [6.45, 7) is 9.03. The zero-order valence-corrected chi connectivity index (χ0v) is 19.8. The number of ketones is 1. The zero-order valence-electron chi connectivity index (χ0n) is 19.8. The molecule has 1 aromatic carbocycles. The molecule has 1 fully saturated rings. The number of aliphatic hydroxyl groups excluding tert-OH is 1. The van der Waals surface area contributed by atoms with Gasteiger partial charge in [-0.05, 0) is 57.2 Å². The minimum Gasteiger partial charge on any atom is -0.507 e. The molecule has 3 heterocycles. The minimum absolute atomic E-state index is 0.0264. The van der Waals surface area contributed by atoms with Crippen molar-refractivity contribution in [3.63, 3.8) is 0 Å². The smallest absolute Gasteiger partial charge is 0.295 e. The molecule has 0 saturated carbocycles. The molecule has 1 saturated heterocycles. The van der Waals surface area contributed by atoms with Crippen molar-refractivity contribution in [2.45, 2.75) is 33.2 Å². The average Bonchev–Trinajstić information content (AvgIpc) is 3.57. The van der Waals surface area contributed by atoms with Gasteiger partial charge in [-0.3, -0.25) is 9.59 Å². The Balaban J connectivity index is 1.72. The number of hydrogen-bond acceptors (Lipinski definition) is 6. The summed E-state index contributed by atoms with van der Waals surface area (Å²) >= 11 is 0. The quantitative estimate of drug-likeness (QED) is 0.294. The monoisotopic (exact) mass is 462 g/mol. The van der Waals surface area contributed by atoms with Crippen LogP contribution in [0.15, 0.2) is 64.9 Å². The predicted molar refractivity (Wildman–Crippen MR) is 128 cm³/mol. The molecule has 178 valence electrons. The van der Waals surface area contributed by atoms with Gasteiger partial charge in [0.15, 0.2) is 0 Å². The molecule has 4 rings (SSSR count). The number of rotatable bonds is 9. The van der Waals surface area contributed by atoms with Crippen LogP contribution >= 0.6 is 0 Å². The SMILES string of the molecule is CCN(CC)CCCN1C(=O)C(=O)/C(=C(\O)c2cnn(-c3ccccc3)c2C)C1c1ccco1. The summed E-state index contributed by atoms with van der Waals surface area (Å²) < 4.78 is 7.30. The van der Waals surface area contributed by atoms with E-state index in [2.05, 4.69) is 23.8 Å². The first-order chi connectivity index (χ1) is 16.5. The third-order valence-corrected chi connectivity index (χ3v) is 6.39. The number of hydrogen-bond donors (Lipinski definition) is 1. The van der Waals surface area contributed by atoms with Crippen LogP contribution in [0.25, 0.3) is 11.4 Å². The first-order valence-corrected chi connectivity index (χ1v) is 11.6. The summed E-state index contributed by atoms with van der Waals surface area (Å²) in [7, 11) is 0. The van der Waals surface area contributed by atoms with Crippen LogP contribution in [-0.4, -0.2) is 62.6 Å². The lowest BCUT2D eigenvalue weighted by Crippen LogP contribution is -2.33. The third-order valence-electron chi connectivity index (χ3n) is 6.39. The molecular formula is C26H30N4O4. The van der Waals surface area contributed by atoms with E-state index in [9.17, 15) is 14.7 Å². The Labute approximate surface area is 199 Å². The molecular weight excluding hydrogens is 432 g/mol. The van der Waals surface area contributed by atoms with E-state index in [0.717, 1.165) is 25.3 Å². The van der Waals surface area contributed by atoms with Gasteiger partial charge < -0.3 is 19.3 Å². The van der Waals surface area contributed by atoms with E-state index in [-0.39, 0.29) is 11.3 Å². The third kappa shape index (κ3) is 4.28. The number of carbonyl (C=O) groups excluding carboxylic acids is 2. The minimum atomic E-state index is -0.786. The first kappa shape index (κ1) is 23.5. The number of likely N-dealkylation sites (tertiary alicyclic amines) is 1. The summed E-state index contributed by atoms with van der Waals surface area (Å²) in [6.07, 6.45) is 3.73. The molecule has 1 amide bonds. The molecule has 0 radical (unpaired) electrons. The molecule has 1 aliphatic heterocycles. The van der Waals surface area contributed by atoms with E-state index < -0.39 is 17.7 Å². The Morgan fingerprint density at radius 2 is 1.85 bits per heavy atom. The van der Waals surface area contributed by atoms with E-state index in [1.165, 1.54) is 17.4 Å². The second-order valence-electron chi connectivity index (χ2n) is 8.28. The van der Waals surface area contributed by atoms with Gasteiger partial charge in [-0.25, -0.2) is 4.68 Å². The topological polar surface area (TPSA) is 91.8 Å². The number of aromatic nitrogens is 2. The standard InChI is InChI=1S/C26H30N4O4/c1-4-28(5-2)14-10-15-29-23(21-13-9-16-34-21)22(25(32)26(29)33)24(31)20-17-27-30(18(20)3)19-11-7-6-8-12-19/h6-9,11-13,16-17,23,31H,4-5,10,14-15H2,1-3H3/b24-22-. The highest BCUT2D eigenvalue weighted by Crippen LogP contribution is 2.40. The highest BCUT2D eigenvalue weighted by atomic mass is 16.3. The van der Waals surface area contributed by atoms with Gasteiger partial charge in [0.05, 0.1) is 35.0 Å². The molecule has 1 N–H and O–H groups in total. The van der Waals surface area contributed by atoms with Gasteiger partial charge in [0, 0.05) is 6.54 Å². The number of carbonyl (C=O) groups is 2. The Kier molecular flexibility index (Phi) is 6.98. The van der Waals surface area contributed by atoms with Crippen LogP contribution in [0.2, 0.25) is 0 Å². The Bertz CT molecular complexity index is 1180. The van der Waals surface area contributed by atoms with Crippen LogP contribution in [-0.2, 0) is 9.59 Å². The van der Waals surface area contributed by atoms with Gasteiger partial charge in [0.1, 0.15) is 17.6 Å². The Hall–Kier alpha value is -3.65. The Morgan fingerprint density at radius 3 is 2.50 bits per heavy atom. The molecule has 1 aliphatic rings. The van der Waals surface area contributed by atoms with Gasteiger partial charge >= 0.3 is 0 Å². The van der Waals surface area contributed by atoms with Gasteiger partial charge in [-0.2, -0.15) is 5.10 Å². The summed E-state index contributed by atoms with van der Waals surface area (Å²) in [4.78, 5) is 30.0. The zero-order chi connectivity index (χ0) is 24.2. The largest absolute Gasteiger partial charge is 0.507 e. The Morgan fingerprint density at radius 1 is 1.12 bits per heavy atom. The molecule has 2 aromatic heterocycles. The van der Waals surface area contributed by atoms with Crippen molar-refractivity contribution in [3.8, 4) is 5.69 Å². The van der Waals surface area contributed by atoms with Crippen LogP contribution in [0.5, 0.6) is 0 Å². The summed E-state index contributed by atoms with van der Waals surface area (Å²) in [5.41, 5.74) is 1.92. The van der Waals surface area contributed by atoms with Gasteiger partial charge in [0.25, 0.3) is 11.7 Å². The van der Waals surface area contributed by atoms with Crippen molar-refractivity contribution < 1.29 is 19.1 Å². The molecule has 0 aliphatic carbocycles.